The van der Waals surface area contributed by atoms with E-state index in [2.05, 4.69) is 0 Å². The Morgan fingerprint density at radius 1 is 1.08 bits per heavy atom. The van der Waals surface area contributed by atoms with Gasteiger partial charge in [-0.2, -0.15) is 0 Å². The van der Waals surface area contributed by atoms with Crippen molar-refractivity contribution >= 4 is 12.1 Å². The fourth-order valence-corrected chi connectivity index (χ4v) is 2.91. The molecular formula is C19H19NO4. The smallest absolute Gasteiger partial charge is 0.408 e. The fraction of sp³-hybridized carbons (Fsp3) is 0.263. The third-order valence-corrected chi connectivity index (χ3v) is 4.26. The number of nitrogens with zero attached hydrogens (tertiary/aromatic N) is 1. The van der Waals surface area contributed by atoms with Gasteiger partial charge in [-0.1, -0.05) is 61.5 Å². The van der Waals surface area contributed by atoms with E-state index in [0.29, 0.717) is 6.42 Å². The molecule has 24 heavy (non-hydrogen) atoms. The van der Waals surface area contributed by atoms with E-state index in [1.165, 1.54) is 0 Å². The number of rotatable bonds is 5. The van der Waals surface area contributed by atoms with Crippen molar-refractivity contribution < 1.29 is 19.4 Å². The van der Waals surface area contributed by atoms with Crippen LogP contribution in [0.5, 0.6) is 0 Å². The van der Waals surface area contributed by atoms with Gasteiger partial charge in [0.2, 0.25) is 0 Å². The molecule has 1 amide bonds. The molecule has 1 saturated heterocycles. The maximum Gasteiger partial charge on any atom is 0.408 e. The summed E-state index contributed by atoms with van der Waals surface area (Å²) in [5.41, 5.74) is 3.01. The van der Waals surface area contributed by atoms with E-state index >= 15 is 0 Å². The van der Waals surface area contributed by atoms with Crippen LogP contribution < -0.4 is 0 Å². The van der Waals surface area contributed by atoms with Crippen molar-refractivity contribution in [2.75, 3.05) is 0 Å². The van der Waals surface area contributed by atoms with Crippen LogP contribution in [0.25, 0.3) is 11.1 Å². The van der Waals surface area contributed by atoms with Crippen LogP contribution in [0.2, 0.25) is 0 Å². The van der Waals surface area contributed by atoms with Crippen LogP contribution in [0.3, 0.4) is 0 Å². The quantitative estimate of drug-likeness (QED) is 0.854. The van der Waals surface area contributed by atoms with Crippen molar-refractivity contribution in [3.63, 3.8) is 0 Å². The molecule has 2 aromatic carbocycles. The van der Waals surface area contributed by atoms with Gasteiger partial charge in [-0.3, -0.25) is 4.90 Å². The maximum absolute atomic E-state index is 11.6. The zero-order chi connectivity index (χ0) is 17.1. The van der Waals surface area contributed by atoms with Gasteiger partial charge in [0.05, 0.1) is 6.54 Å². The minimum absolute atomic E-state index is 0.167. The molecule has 1 aliphatic heterocycles. The lowest BCUT2D eigenvalue weighted by Crippen LogP contribution is -2.60. The number of ether oxygens (including phenoxy) is 1. The molecule has 1 aliphatic rings. The topological polar surface area (TPSA) is 66.8 Å². The van der Waals surface area contributed by atoms with Crippen LogP contribution in [-0.2, 0) is 16.1 Å². The summed E-state index contributed by atoms with van der Waals surface area (Å²) in [5.74, 6) is -0.467. The van der Waals surface area contributed by atoms with E-state index in [0.717, 1.165) is 21.6 Å². The van der Waals surface area contributed by atoms with Gasteiger partial charge in [-0.15, -0.1) is 0 Å². The van der Waals surface area contributed by atoms with Gasteiger partial charge < -0.3 is 9.84 Å². The normalized spacial score (nSPS) is 19.3. The van der Waals surface area contributed by atoms with E-state index < -0.39 is 18.1 Å². The summed E-state index contributed by atoms with van der Waals surface area (Å²) in [4.78, 5) is 24.4. The summed E-state index contributed by atoms with van der Waals surface area (Å²) in [6.07, 6.45) is -0.855. The lowest BCUT2D eigenvalue weighted by Gasteiger charge is -2.40. The Morgan fingerprint density at radius 2 is 1.71 bits per heavy atom. The number of carbonyl (C=O) groups excluding carboxylic acids is 1. The highest BCUT2D eigenvalue weighted by molar-refractivity contribution is 5.86. The first kappa shape index (κ1) is 16.1. The van der Waals surface area contributed by atoms with E-state index in [-0.39, 0.29) is 12.6 Å². The van der Waals surface area contributed by atoms with Crippen LogP contribution in [0.15, 0.2) is 54.6 Å². The Bertz CT molecular complexity index is 727. The summed E-state index contributed by atoms with van der Waals surface area (Å²) >= 11 is 0. The number of cyclic esters (lactones) is 1. The first-order chi connectivity index (χ1) is 11.6. The Kier molecular flexibility index (Phi) is 4.51. The third kappa shape index (κ3) is 3.11. The molecule has 1 fully saturated rings. The van der Waals surface area contributed by atoms with E-state index in [1.54, 1.807) is 0 Å². The predicted octanol–water partition coefficient (Wildman–Crippen LogP) is 3.54. The summed E-state index contributed by atoms with van der Waals surface area (Å²) < 4.78 is 5.00. The van der Waals surface area contributed by atoms with Crippen LogP contribution in [0, 0.1) is 0 Å². The Morgan fingerprint density at radius 3 is 2.25 bits per heavy atom. The molecule has 0 spiro atoms. The van der Waals surface area contributed by atoms with E-state index in [4.69, 9.17) is 4.74 Å². The van der Waals surface area contributed by atoms with Crippen molar-refractivity contribution in [3.05, 3.63) is 60.2 Å². The number of hydrogen-bond donors (Lipinski definition) is 1. The predicted molar refractivity (Wildman–Crippen MR) is 89.4 cm³/mol. The van der Waals surface area contributed by atoms with Crippen LogP contribution in [0.1, 0.15) is 18.9 Å². The molecule has 2 atom stereocenters. The number of amides is 1. The van der Waals surface area contributed by atoms with Crippen molar-refractivity contribution in [1.82, 2.24) is 4.90 Å². The van der Waals surface area contributed by atoms with E-state index in [1.807, 2.05) is 61.5 Å². The van der Waals surface area contributed by atoms with Crippen molar-refractivity contribution in [3.8, 4) is 11.1 Å². The summed E-state index contributed by atoms with van der Waals surface area (Å²) in [6.45, 7) is 2.04. The average molecular weight is 325 g/mol. The van der Waals surface area contributed by atoms with Crippen molar-refractivity contribution in [2.45, 2.75) is 32.0 Å². The lowest BCUT2D eigenvalue weighted by atomic mass is 10.00. The van der Waals surface area contributed by atoms with Crippen molar-refractivity contribution in [1.29, 1.82) is 0 Å². The first-order valence-corrected chi connectivity index (χ1v) is 7.94. The standard InChI is InChI=1S/C19H19NO4/c1-2-16-17(18(21)24-16)20(19(22)23)12-13-8-10-15(11-9-13)14-6-4-3-5-7-14/h3-11,16-17H,2,12H2,1H3,(H,22,23)/t16-,17+/m0/s1. The molecule has 124 valence electrons. The molecule has 5 nitrogen and oxygen atoms in total. The number of hydrogen-bond acceptors (Lipinski definition) is 3. The molecule has 0 radical (unpaired) electrons. The van der Waals surface area contributed by atoms with Gasteiger partial charge in [-0.05, 0) is 23.1 Å². The fourth-order valence-electron chi connectivity index (χ4n) is 2.91. The maximum atomic E-state index is 11.6. The molecule has 0 saturated carbocycles. The molecule has 5 heteroatoms. The van der Waals surface area contributed by atoms with E-state index in [9.17, 15) is 14.7 Å². The largest absolute Gasteiger partial charge is 0.465 e. The van der Waals surface area contributed by atoms with Crippen LogP contribution in [-0.4, -0.2) is 34.2 Å². The van der Waals surface area contributed by atoms with Gasteiger partial charge in [0, 0.05) is 0 Å². The summed E-state index contributed by atoms with van der Waals surface area (Å²) in [5, 5.41) is 9.45. The molecule has 3 rings (SSSR count). The van der Waals surface area contributed by atoms with Gasteiger partial charge in [-0.25, -0.2) is 9.59 Å². The molecule has 2 aromatic rings. The third-order valence-electron chi connectivity index (χ3n) is 4.26. The number of carbonyl (C=O) groups is 2. The molecule has 0 unspecified atom stereocenters. The zero-order valence-electron chi connectivity index (χ0n) is 13.4. The monoisotopic (exact) mass is 325 g/mol. The highest BCUT2D eigenvalue weighted by atomic mass is 16.6. The van der Waals surface area contributed by atoms with Crippen LogP contribution in [0.4, 0.5) is 4.79 Å². The molecule has 1 N–H and O–H groups in total. The average Bonchev–Trinajstić information content (AvgIpc) is 2.60. The second kappa shape index (κ2) is 6.74. The van der Waals surface area contributed by atoms with Gasteiger partial charge >= 0.3 is 12.1 Å². The van der Waals surface area contributed by atoms with Crippen molar-refractivity contribution in [2.24, 2.45) is 0 Å². The molecular weight excluding hydrogens is 306 g/mol. The molecule has 1 heterocycles. The Labute approximate surface area is 140 Å². The van der Waals surface area contributed by atoms with Crippen LogP contribution >= 0.6 is 0 Å². The SMILES string of the molecule is CC[C@@H]1OC(=O)[C@@H]1N(Cc1ccc(-c2ccccc2)cc1)C(=O)O. The first-order valence-electron chi connectivity index (χ1n) is 7.94. The number of esters is 1. The highest BCUT2D eigenvalue weighted by Crippen LogP contribution is 2.26. The minimum Gasteiger partial charge on any atom is -0.465 e. The molecule has 0 aliphatic carbocycles. The Balaban J connectivity index is 1.76. The second-order valence-electron chi connectivity index (χ2n) is 5.80. The summed E-state index contributed by atoms with van der Waals surface area (Å²) in [7, 11) is 0. The van der Waals surface area contributed by atoms with Gasteiger partial charge in [0.15, 0.2) is 6.04 Å². The lowest BCUT2D eigenvalue weighted by molar-refractivity contribution is -0.186. The van der Waals surface area contributed by atoms with Gasteiger partial charge in [0.1, 0.15) is 6.10 Å². The number of carboxylic acid groups (broad SMARTS) is 1. The van der Waals surface area contributed by atoms with Gasteiger partial charge in [0.25, 0.3) is 0 Å². The highest BCUT2D eigenvalue weighted by Gasteiger charge is 2.47. The summed E-state index contributed by atoms with van der Waals surface area (Å²) in [6, 6.07) is 17.0. The molecule has 0 aromatic heterocycles. The number of benzene rings is 2. The zero-order valence-corrected chi connectivity index (χ0v) is 13.4. The second-order valence-corrected chi connectivity index (χ2v) is 5.80. The molecule has 0 bridgehead atoms. The minimum atomic E-state index is -1.11. The Hall–Kier alpha value is -2.82.